The number of rotatable bonds is 2. The molecule has 8 N–H and O–H groups in total. The first-order valence-corrected chi connectivity index (χ1v) is 4.15. The highest BCUT2D eigenvalue weighted by Crippen LogP contribution is 1.49. The SMILES string of the molecule is C=CC.C=CC(N)=O.C=CC(N)=O.NC(N)=O. The second-order valence-corrected chi connectivity index (χ2v) is 2.02. The van der Waals surface area contributed by atoms with Crippen molar-refractivity contribution in [2.45, 2.75) is 6.92 Å². The molecule has 0 aliphatic carbocycles. The number of hydrogen-bond donors (Lipinski definition) is 4. The van der Waals surface area contributed by atoms with Crippen molar-refractivity contribution >= 4 is 17.8 Å². The largest absolute Gasteiger partial charge is 0.366 e. The highest BCUT2D eigenvalue weighted by Gasteiger charge is 1.70. The highest BCUT2D eigenvalue weighted by molar-refractivity contribution is 5.85. The molecule has 0 bridgehead atoms. The summed E-state index contributed by atoms with van der Waals surface area (Å²) in [6.45, 7) is 11.4. The molecular formula is C10H20N4O3. The maximum atomic E-state index is 9.47. The lowest BCUT2D eigenvalue weighted by molar-refractivity contribution is -0.114. The zero-order valence-corrected chi connectivity index (χ0v) is 9.89. The van der Waals surface area contributed by atoms with Crippen molar-refractivity contribution in [1.29, 1.82) is 0 Å². The van der Waals surface area contributed by atoms with Crippen molar-refractivity contribution in [3.05, 3.63) is 38.0 Å². The lowest BCUT2D eigenvalue weighted by Gasteiger charge is -1.65. The van der Waals surface area contributed by atoms with Crippen LogP contribution in [0.15, 0.2) is 38.0 Å². The average Bonchev–Trinajstić information content (AvgIpc) is 2.19. The van der Waals surface area contributed by atoms with Gasteiger partial charge in [-0.2, -0.15) is 0 Å². The van der Waals surface area contributed by atoms with Crippen molar-refractivity contribution in [2.24, 2.45) is 22.9 Å². The van der Waals surface area contributed by atoms with Crippen LogP contribution in [-0.4, -0.2) is 17.8 Å². The summed E-state index contributed by atoms with van der Waals surface area (Å²) in [4.78, 5) is 27.9. The Hall–Kier alpha value is -2.57. The smallest absolute Gasteiger partial charge is 0.309 e. The summed E-state index contributed by atoms with van der Waals surface area (Å²) in [6, 6.07) is -0.833. The molecule has 0 saturated carbocycles. The summed E-state index contributed by atoms with van der Waals surface area (Å²) in [6.07, 6.45) is 3.86. The van der Waals surface area contributed by atoms with Gasteiger partial charge < -0.3 is 22.9 Å². The summed E-state index contributed by atoms with van der Waals surface area (Å²) in [7, 11) is 0. The molecule has 0 fully saturated rings. The molecule has 0 aromatic carbocycles. The van der Waals surface area contributed by atoms with Crippen LogP contribution in [0.3, 0.4) is 0 Å². The lowest BCUT2D eigenvalue weighted by atomic mass is 10.6. The van der Waals surface area contributed by atoms with Crippen LogP contribution >= 0.6 is 0 Å². The van der Waals surface area contributed by atoms with Crippen molar-refractivity contribution in [3.63, 3.8) is 0 Å². The van der Waals surface area contributed by atoms with E-state index in [1.54, 1.807) is 6.08 Å². The average molecular weight is 244 g/mol. The molecule has 0 rings (SSSR count). The van der Waals surface area contributed by atoms with Crippen molar-refractivity contribution in [1.82, 2.24) is 0 Å². The third kappa shape index (κ3) is 858. The molecule has 0 aliphatic heterocycles. The van der Waals surface area contributed by atoms with E-state index in [1.165, 1.54) is 0 Å². The number of allylic oxidation sites excluding steroid dienone is 1. The Labute approximate surface area is 101 Å². The summed E-state index contributed by atoms with van der Waals surface area (Å²) in [5.41, 5.74) is 17.6. The molecule has 0 spiro atoms. The molecule has 0 unspecified atom stereocenters. The van der Waals surface area contributed by atoms with Gasteiger partial charge in [0, 0.05) is 0 Å². The van der Waals surface area contributed by atoms with Crippen LogP contribution in [0.25, 0.3) is 0 Å². The Bertz CT molecular complexity index is 240. The summed E-state index contributed by atoms with van der Waals surface area (Å²) >= 11 is 0. The van der Waals surface area contributed by atoms with E-state index in [4.69, 9.17) is 4.79 Å². The summed E-state index contributed by atoms with van der Waals surface area (Å²) < 4.78 is 0. The van der Waals surface area contributed by atoms with Crippen LogP contribution in [0, 0.1) is 0 Å². The molecule has 0 aromatic heterocycles. The Morgan fingerprint density at radius 2 is 0.882 bits per heavy atom. The summed E-state index contributed by atoms with van der Waals surface area (Å²) in [5, 5.41) is 0. The van der Waals surface area contributed by atoms with E-state index in [1.807, 2.05) is 6.92 Å². The van der Waals surface area contributed by atoms with Gasteiger partial charge in [-0.05, 0) is 19.1 Å². The van der Waals surface area contributed by atoms with E-state index in [0.717, 1.165) is 12.2 Å². The van der Waals surface area contributed by atoms with E-state index in [-0.39, 0.29) is 0 Å². The van der Waals surface area contributed by atoms with Crippen molar-refractivity contribution in [3.8, 4) is 0 Å². The molecule has 0 aliphatic rings. The van der Waals surface area contributed by atoms with Crippen LogP contribution in [-0.2, 0) is 9.59 Å². The van der Waals surface area contributed by atoms with Gasteiger partial charge in [-0.1, -0.05) is 19.2 Å². The fraction of sp³-hybridized carbons (Fsp3) is 0.100. The van der Waals surface area contributed by atoms with Crippen LogP contribution < -0.4 is 22.9 Å². The first-order valence-electron chi connectivity index (χ1n) is 4.15. The molecular weight excluding hydrogens is 224 g/mol. The third-order valence-corrected chi connectivity index (χ3v) is 0.402. The molecule has 98 valence electrons. The Morgan fingerprint density at radius 3 is 0.882 bits per heavy atom. The Balaban J connectivity index is -0.0000000676. The fourth-order valence-electron chi connectivity index (χ4n) is 0. The number of hydrogen-bond acceptors (Lipinski definition) is 3. The molecule has 0 saturated heterocycles. The monoisotopic (exact) mass is 244 g/mol. The maximum absolute atomic E-state index is 9.47. The van der Waals surface area contributed by atoms with Gasteiger partial charge in [0.05, 0.1) is 0 Å². The first-order chi connectivity index (χ1) is 7.69. The topological polar surface area (TPSA) is 155 Å². The molecule has 0 aromatic rings. The zero-order chi connectivity index (χ0) is 14.9. The summed E-state index contributed by atoms with van der Waals surface area (Å²) in [5.74, 6) is -0.963. The van der Waals surface area contributed by atoms with Gasteiger partial charge in [-0.15, -0.1) is 6.58 Å². The predicted molar refractivity (Wildman–Crippen MR) is 68.4 cm³/mol. The normalized spacial score (nSPS) is 5.94. The van der Waals surface area contributed by atoms with Gasteiger partial charge in [0.25, 0.3) is 0 Å². The molecule has 7 nitrogen and oxygen atoms in total. The number of carbonyl (C=O) groups excluding carboxylic acids is 3. The molecule has 17 heavy (non-hydrogen) atoms. The maximum Gasteiger partial charge on any atom is 0.309 e. The minimum Gasteiger partial charge on any atom is -0.366 e. The Morgan fingerprint density at radius 1 is 0.824 bits per heavy atom. The van der Waals surface area contributed by atoms with Crippen LogP contribution in [0.1, 0.15) is 6.92 Å². The van der Waals surface area contributed by atoms with Crippen molar-refractivity contribution < 1.29 is 14.4 Å². The van der Waals surface area contributed by atoms with Gasteiger partial charge in [-0.3, -0.25) is 9.59 Å². The minimum atomic E-state index is -0.833. The second kappa shape index (κ2) is 23.3. The Kier molecular flexibility index (Phi) is 32.8. The van der Waals surface area contributed by atoms with Crippen molar-refractivity contribution in [2.75, 3.05) is 0 Å². The van der Waals surface area contributed by atoms with Crippen LogP contribution in [0.2, 0.25) is 0 Å². The van der Waals surface area contributed by atoms with E-state index >= 15 is 0 Å². The number of nitrogens with two attached hydrogens (primary N) is 4. The van der Waals surface area contributed by atoms with E-state index in [2.05, 4.69) is 42.7 Å². The van der Waals surface area contributed by atoms with Gasteiger partial charge in [0.1, 0.15) is 0 Å². The number of urea groups is 1. The standard InChI is InChI=1S/2C3H5NO.C3H6.CH4N2O/c2*1-2-3(4)5;1-3-2;2-1(3)4/h2*2H,1H2,(H2,4,5);3H,1H2,2H3;(H4,2,3,4). The molecule has 0 atom stereocenters. The number of carbonyl (C=O) groups is 3. The van der Waals surface area contributed by atoms with Gasteiger partial charge >= 0.3 is 6.03 Å². The van der Waals surface area contributed by atoms with Crippen LogP contribution in [0.4, 0.5) is 4.79 Å². The minimum absolute atomic E-state index is 0.481. The number of primary amides is 4. The second-order valence-electron chi connectivity index (χ2n) is 2.02. The van der Waals surface area contributed by atoms with Gasteiger partial charge in [0.15, 0.2) is 0 Å². The van der Waals surface area contributed by atoms with Gasteiger partial charge in [0.2, 0.25) is 11.8 Å². The molecule has 7 heteroatoms. The van der Waals surface area contributed by atoms with Gasteiger partial charge in [-0.25, -0.2) is 4.79 Å². The molecule has 0 radical (unpaired) electrons. The molecule has 0 heterocycles. The van der Waals surface area contributed by atoms with E-state index in [0.29, 0.717) is 0 Å². The molecule has 4 amide bonds. The van der Waals surface area contributed by atoms with E-state index < -0.39 is 17.8 Å². The van der Waals surface area contributed by atoms with E-state index in [9.17, 15) is 9.59 Å². The highest BCUT2D eigenvalue weighted by atomic mass is 16.2. The zero-order valence-electron chi connectivity index (χ0n) is 9.89. The fourth-order valence-corrected chi connectivity index (χ4v) is 0. The lowest BCUT2D eigenvalue weighted by Crippen LogP contribution is -2.18. The quantitative estimate of drug-likeness (QED) is 0.383. The third-order valence-electron chi connectivity index (χ3n) is 0.402. The first kappa shape index (κ1) is 23.9. The van der Waals surface area contributed by atoms with Crippen LogP contribution in [0.5, 0.6) is 0 Å². The number of amides is 4. The predicted octanol–water partition coefficient (Wildman–Crippen LogP) is -0.468.